The van der Waals surface area contributed by atoms with E-state index in [1.165, 1.54) is 18.2 Å². The Bertz CT molecular complexity index is 624. The van der Waals surface area contributed by atoms with E-state index >= 15 is 0 Å². The van der Waals surface area contributed by atoms with E-state index < -0.39 is 20.3 Å². The van der Waals surface area contributed by atoms with Gasteiger partial charge < -0.3 is 0 Å². The van der Waals surface area contributed by atoms with E-state index in [1.54, 1.807) is 19.1 Å². The van der Waals surface area contributed by atoms with Gasteiger partial charge in [0.25, 0.3) is 15.9 Å². The minimum Gasteiger partial charge on any atom is -0.270 e. The van der Waals surface area contributed by atoms with Crippen molar-refractivity contribution < 1.29 is 13.2 Å². The van der Waals surface area contributed by atoms with Crippen molar-refractivity contribution in [3.8, 4) is 0 Å². The van der Waals surface area contributed by atoms with Crippen LogP contribution in [0.1, 0.15) is 18.9 Å². The Kier molecular flexibility index (Phi) is 5.84. The smallest absolute Gasteiger partial charge is 0.270 e. The lowest BCUT2D eigenvalue weighted by molar-refractivity contribution is -0.126. The summed E-state index contributed by atoms with van der Waals surface area (Å²) in [7, 11) is -4.03. The number of hydrogen-bond acceptors (Lipinski definition) is 3. The number of rotatable bonds is 6. The molecule has 0 unspecified atom stereocenters. The molecule has 0 bridgehead atoms. The Balaban J connectivity index is 3.30. The highest BCUT2D eigenvalue weighted by atomic mass is 35.5. The van der Waals surface area contributed by atoms with Gasteiger partial charge in [-0.25, -0.2) is 12.7 Å². The van der Waals surface area contributed by atoms with Gasteiger partial charge in [-0.15, -0.1) is 6.58 Å². The van der Waals surface area contributed by atoms with Crippen molar-refractivity contribution in [2.45, 2.75) is 29.5 Å². The molecule has 0 N–H and O–H groups in total. The molecule has 0 saturated carbocycles. The second-order valence-electron chi connectivity index (χ2n) is 4.50. The molecule has 21 heavy (non-hydrogen) atoms. The zero-order valence-electron chi connectivity index (χ0n) is 11.8. The Hall–Kier alpha value is -1.04. The number of carbonyl (C=O) groups is 1. The summed E-state index contributed by atoms with van der Waals surface area (Å²) >= 11 is 11.8. The molecule has 1 aromatic carbocycles. The third-order valence-corrected chi connectivity index (χ3v) is 5.51. The second-order valence-corrected chi connectivity index (χ2v) is 7.85. The second kappa shape index (κ2) is 6.81. The summed E-state index contributed by atoms with van der Waals surface area (Å²) in [6.45, 7) is 6.71. The first-order valence-electron chi connectivity index (χ1n) is 6.29. The van der Waals surface area contributed by atoms with Gasteiger partial charge in [0.15, 0.2) is 4.33 Å². The number of sulfonamides is 1. The largest absolute Gasteiger partial charge is 0.273 e. The summed E-state index contributed by atoms with van der Waals surface area (Å²) in [5.41, 5.74) is 0.910. The summed E-state index contributed by atoms with van der Waals surface area (Å²) in [5, 5.41) is 0. The highest BCUT2D eigenvalue weighted by molar-refractivity contribution is 7.89. The van der Waals surface area contributed by atoms with Gasteiger partial charge in [-0.1, -0.05) is 53.9 Å². The van der Waals surface area contributed by atoms with Crippen LogP contribution in [0.4, 0.5) is 0 Å². The average molecular weight is 350 g/mol. The standard InChI is InChI=1S/C14H17Cl2NO3S/c1-4-10-17(13(18)14(15,16)5-2)21(19,20)12-8-6-11(3)7-9-12/h4,6-9H,1,5,10H2,2-3H3. The fourth-order valence-electron chi connectivity index (χ4n) is 1.58. The number of nitrogens with zero attached hydrogens (tertiary/aromatic N) is 1. The third-order valence-electron chi connectivity index (χ3n) is 2.89. The van der Waals surface area contributed by atoms with Crippen LogP contribution in [-0.2, 0) is 14.8 Å². The van der Waals surface area contributed by atoms with Gasteiger partial charge in [-0.3, -0.25) is 4.79 Å². The number of hydrogen-bond donors (Lipinski definition) is 0. The molecule has 7 heteroatoms. The van der Waals surface area contributed by atoms with Crippen molar-refractivity contribution in [2.75, 3.05) is 6.54 Å². The first-order valence-corrected chi connectivity index (χ1v) is 8.49. The summed E-state index contributed by atoms with van der Waals surface area (Å²) < 4.78 is 24.0. The van der Waals surface area contributed by atoms with E-state index in [-0.39, 0.29) is 17.9 Å². The predicted molar refractivity (Wildman–Crippen MR) is 85.0 cm³/mol. The summed E-state index contributed by atoms with van der Waals surface area (Å²) in [5.74, 6) is -0.881. The SMILES string of the molecule is C=CCN(C(=O)C(Cl)(Cl)CC)S(=O)(=O)c1ccc(C)cc1. The van der Waals surface area contributed by atoms with E-state index in [0.717, 1.165) is 5.56 Å². The van der Waals surface area contributed by atoms with Crippen molar-refractivity contribution in [2.24, 2.45) is 0 Å². The van der Waals surface area contributed by atoms with Crippen LogP contribution in [0.25, 0.3) is 0 Å². The van der Waals surface area contributed by atoms with E-state index in [9.17, 15) is 13.2 Å². The molecule has 0 fully saturated rings. The van der Waals surface area contributed by atoms with Crippen molar-refractivity contribution in [3.05, 3.63) is 42.5 Å². The van der Waals surface area contributed by atoms with E-state index in [0.29, 0.717) is 4.31 Å². The lowest BCUT2D eigenvalue weighted by Gasteiger charge is -2.27. The first-order chi connectivity index (χ1) is 9.66. The molecule has 0 radical (unpaired) electrons. The van der Waals surface area contributed by atoms with Crippen LogP contribution in [0.15, 0.2) is 41.8 Å². The van der Waals surface area contributed by atoms with Crippen molar-refractivity contribution >= 4 is 39.1 Å². The quantitative estimate of drug-likeness (QED) is 0.584. The van der Waals surface area contributed by atoms with Crippen molar-refractivity contribution in [3.63, 3.8) is 0 Å². The van der Waals surface area contributed by atoms with Gasteiger partial charge in [0, 0.05) is 0 Å². The van der Waals surface area contributed by atoms with Crippen LogP contribution in [0.2, 0.25) is 0 Å². The normalized spacial score (nSPS) is 12.0. The Morgan fingerprint density at radius 3 is 2.29 bits per heavy atom. The third kappa shape index (κ3) is 3.99. The van der Waals surface area contributed by atoms with Crippen LogP contribution in [0, 0.1) is 6.92 Å². The van der Waals surface area contributed by atoms with Crippen LogP contribution < -0.4 is 0 Å². The molecule has 0 aromatic heterocycles. The Morgan fingerprint density at radius 2 is 1.86 bits per heavy atom. The maximum absolute atomic E-state index is 12.6. The van der Waals surface area contributed by atoms with Gasteiger partial charge in [0.2, 0.25) is 0 Å². The number of alkyl halides is 2. The Labute approximate surface area is 135 Å². The molecule has 1 rings (SSSR count). The van der Waals surface area contributed by atoms with Crippen molar-refractivity contribution in [1.82, 2.24) is 4.31 Å². The molecule has 0 spiro atoms. The van der Waals surface area contributed by atoms with Crippen LogP contribution in [0.3, 0.4) is 0 Å². The van der Waals surface area contributed by atoms with Crippen LogP contribution >= 0.6 is 23.2 Å². The maximum Gasteiger partial charge on any atom is 0.273 e. The molecular weight excluding hydrogens is 333 g/mol. The van der Waals surface area contributed by atoms with Gasteiger partial charge in [-0.05, 0) is 25.5 Å². The zero-order chi connectivity index (χ0) is 16.3. The average Bonchev–Trinajstić information content (AvgIpc) is 2.44. The van der Waals surface area contributed by atoms with Gasteiger partial charge >= 0.3 is 0 Å². The monoisotopic (exact) mass is 349 g/mol. The highest BCUT2D eigenvalue weighted by Crippen LogP contribution is 2.30. The highest BCUT2D eigenvalue weighted by Gasteiger charge is 2.40. The minimum atomic E-state index is -4.03. The zero-order valence-corrected chi connectivity index (χ0v) is 14.2. The molecule has 1 aromatic rings. The fourth-order valence-corrected chi connectivity index (χ4v) is 3.29. The lowest BCUT2D eigenvalue weighted by Crippen LogP contribution is -2.45. The van der Waals surface area contributed by atoms with Crippen LogP contribution in [-0.4, -0.2) is 29.5 Å². The van der Waals surface area contributed by atoms with Gasteiger partial charge in [0.1, 0.15) is 0 Å². The molecule has 0 aliphatic rings. The van der Waals surface area contributed by atoms with Gasteiger partial charge in [0.05, 0.1) is 11.4 Å². The fraction of sp³-hybridized carbons (Fsp3) is 0.357. The number of amides is 1. The number of benzene rings is 1. The Morgan fingerprint density at radius 1 is 1.33 bits per heavy atom. The molecule has 116 valence electrons. The minimum absolute atomic E-state index is 0.00327. The molecule has 0 aliphatic carbocycles. The molecule has 0 atom stereocenters. The predicted octanol–water partition coefficient (Wildman–Crippen LogP) is 3.28. The van der Waals surface area contributed by atoms with Gasteiger partial charge in [-0.2, -0.15) is 0 Å². The number of aryl methyl sites for hydroxylation is 1. The molecule has 4 nitrogen and oxygen atoms in total. The van der Waals surface area contributed by atoms with E-state index in [4.69, 9.17) is 23.2 Å². The molecule has 0 aliphatic heterocycles. The summed E-state index contributed by atoms with van der Waals surface area (Å²) in [4.78, 5) is 12.3. The molecule has 0 saturated heterocycles. The lowest BCUT2D eigenvalue weighted by atomic mass is 10.2. The molecular formula is C14H17Cl2NO3S. The number of halogens is 2. The number of carbonyl (C=O) groups excluding carboxylic acids is 1. The first kappa shape index (κ1) is 18.0. The summed E-state index contributed by atoms with van der Waals surface area (Å²) in [6.07, 6.45) is 1.40. The summed E-state index contributed by atoms with van der Waals surface area (Å²) in [6, 6.07) is 6.17. The van der Waals surface area contributed by atoms with Crippen molar-refractivity contribution in [1.29, 1.82) is 0 Å². The molecule has 0 heterocycles. The van der Waals surface area contributed by atoms with Crippen LogP contribution in [0.5, 0.6) is 0 Å². The molecule has 1 amide bonds. The maximum atomic E-state index is 12.6. The van der Waals surface area contributed by atoms with E-state index in [1.807, 2.05) is 6.92 Å². The van der Waals surface area contributed by atoms with E-state index in [2.05, 4.69) is 6.58 Å². The topological polar surface area (TPSA) is 54.5 Å².